The van der Waals surface area contributed by atoms with Gasteiger partial charge >= 0.3 is 0 Å². The number of fused-ring (bicyclic) bond motifs is 2. The summed E-state index contributed by atoms with van der Waals surface area (Å²) in [7, 11) is 0. The van der Waals surface area contributed by atoms with Crippen LogP contribution < -0.4 is 10.6 Å². The second kappa shape index (κ2) is 3.84. The van der Waals surface area contributed by atoms with Crippen molar-refractivity contribution in [2.75, 3.05) is 13.1 Å². The molecule has 2 aliphatic heterocycles. The molecule has 102 valence electrons. The topological polar surface area (TPSA) is 48.8 Å². The lowest BCUT2D eigenvalue weighted by atomic mass is 9.77. The standard InChI is InChI=1S/C15H22N4/c1-9-5-10(2)13-11(6-9)7-15(8-12(15)18-13)19-14-16-3-4-17-14/h7,9-10,12H,3-6,8H2,1-2H3,(H2,16,17,19)/t9?,10?,12-,15?/m1/s1. The molecule has 19 heavy (non-hydrogen) atoms. The van der Waals surface area contributed by atoms with Crippen LogP contribution in [0.25, 0.3) is 0 Å². The molecule has 2 N–H and O–H groups in total. The highest BCUT2D eigenvalue weighted by atomic mass is 15.3. The monoisotopic (exact) mass is 258 g/mol. The number of guanidine groups is 1. The summed E-state index contributed by atoms with van der Waals surface area (Å²) >= 11 is 0. The van der Waals surface area contributed by atoms with Crippen LogP contribution in [0.15, 0.2) is 21.6 Å². The van der Waals surface area contributed by atoms with Crippen molar-refractivity contribution in [3.63, 3.8) is 0 Å². The largest absolute Gasteiger partial charge is 0.355 e. The quantitative estimate of drug-likeness (QED) is 0.748. The van der Waals surface area contributed by atoms with E-state index in [1.807, 2.05) is 0 Å². The molecule has 2 aliphatic carbocycles. The van der Waals surface area contributed by atoms with Crippen molar-refractivity contribution >= 4 is 11.7 Å². The smallest absolute Gasteiger partial charge is 0.192 e. The molecule has 0 amide bonds. The predicted molar refractivity (Wildman–Crippen MR) is 77.7 cm³/mol. The van der Waals surface area contributed by atoms with Crippen molar-refractivity contribution < 1.29 is 0 Å². The summed E-state index contributed by atoms with van der Waals surface area (Å²) in [5.74, 6) is 2.39. The molecule has 4 heteroatoms. The van der Waals surface area contributed by atoms with Crippen LogP contribution >= 0.6 is 0 Å². The van der Waals surface area contributed by atoms with E-state index >= 15 is 0 Å². The number of dihydropyridines is 1. The summed E-state index contributed by atoms with van der Waals surface area (Å²) in [4.78, 5) is 9.46. The molecule has 0 bridgehead atoms. The Labute approximate surface area is 114 Å². The van der Waals surface area contributed by atoms with Crippen LogP contribution in [0.3, 0.4) is 0 Å². The Bertz CT molecular complexity index is 504. The highest BCUT2D eigenvalue weighted by Crippen LogP contribution is 2.47. The van der Waals surface area contributed by atoms with E-state index in [1.54, 1.807) is 0 Å². The Morgan fingerprint density at radius 1 is 1.42 bits per heavy atom. The average molecular weight is 258 g/mol. The zero-order valence-corrected chi connectivity index (χ0v) is 11.7. The summed E-state index contributed by atoms with van der Waals surface area (Å²) in [5.41, 5.74) is 2.96. The number of aliphatic imine (C=N–C) groups is 2. The molecular weight excluding hydrogens is 236 g/mol. The molecule has 2 saturated carbocycles. The Hall–Kier alpha value is -1.32. The van der Waals surface area contributed by atoms with Crippen LogP contribution in [0.2, 0.25) is 0 Å². The van der Waals surface area contributed by atoms with E-state index in [4.69, 9.17) is 4.99 Å². The van der Waals surface area contributed by atoms with Gasteiger partial charge in [0.2, 0.25) is 0 Å². The number of hydrogen-bond acceptors (Lipinski definition) is 4. The Morgan fingerprint density at radius 2 is 2.32 bits per heavy atom. The first kappa shape index (κ1) is 11.5. The Balaban J connectivity index is 1.59. The summed E-state index contributed by atoms with van der Waals surface area (Å²) in [6, 6.07) is 0.437. The van der Waals surface area contributed by atoms with Gasteiger partial charge in [-0.15, -0.1) is 0 Å². The predicted octanol–water partition coefficient (Wildman–Crippen LogP) is 1.49. The van der Waals surface area contributed by atoms with Crippen molar-refractivity contribution in [3.8, 4) is 0 Å². The Morgan fingerprint density at radius 3 is 3.11 bits per heavy atom. The molecule has 2 fully saturated rings. The van der Waals surface area contributed by atoms with E-state index < -0.39 is 0 Å². The van der Waals surface area contributed by atoms with E-state index in [2.05, 4.69) is 35.5 Å². The summed E-state index contributed by atoms with van der Waals surface area (Å²) < 4.78 is 0. The summed E-state index contributed by atoms with van der Waals surface area (Å²) in [6.45, 7) is 6.54. The Kier molecular flexibility index (Phi) is 2.32. The average Bonchev–Trinajstić information content (AvgIpc) is 2.78. The SMILES string of the molecule is CC1CC2=CC3(NC4=NCCN4)C[C@H]3N=C2C(C)C1. The van der Waals surface area contributed by atoms with Gasteiger partial charge in [-0.25, -0.2) is 0 Å². The molecule has 2 heterocycles. The number of allylic oxidation sites excluding steroid dienone is 1. The van der Waals surface area contributed by atoms with Gasteiger partial charge in [0.25, 0.3) is 0 Å². The molecular formula is C15H22N4. The third-order valence-corrected chi connectivity index (χ3v) is 4.84. The third kappa shape index (κ3) is 1.80. The van der Waals surface area contributed by atoms with Gasteiger partial charge in [0, 0.05) is 18.7 Å². The number of hydrogen-bond donors (Lipinski definition) is 2. The first-order valence-electron chi connectivity index (χ1n) is 7.52. The van der Waals surface area contributed by atoms with Gasteiger partial charge in [-0.1, -0.05) is 19.9 Å². The molecule has 0 spiro atoms. The van der Waals surface area contributed by atoms with Crippen molar-refractivity contribution in [1.29, 1.82) is 0 Å². The molecule has 0 aromatic heterocycles. The van der Waals surface area contributed by atoms with E-state index in [0.29, 0.717) is 12.0 Å². The van der Waals surface area contributed by atoms with Crippen molar-refractivity contribution in [2.45, 2.75) is 44.7 Å². The fraction of sp³-hybridized carbons (Fsp3) is 0.733. The molecule has 0 aromatic rings. The van der Waals surface area contributed by atoms with Crippen molar-refractivity contribution in [3.05, 3.63) is 11.6 Å². The maximum Gasteiger partial charge on any atom is 0.192 e. The maximum absolute atomic E-state index is 5.01. The molecule has 0 saturated heterocycles. The lowest BCUT2D eigenvalue weighted by molar-refractivity contribution is 0.451. The van der Waals surface area contributed by atoms with Gasteiger partial charge < -0.3 is 10.6 Å². The molecule has 0 aromatic carbocycles. The third-order valence-electron chi connectivity index (χ3n) is 4.84. The second-order valence-electron chi connectivity index (χ2n) is 6.67. The number of nitrogens with one attached hydrogen (secondary N) is 2. The molecule has 4 atom stereocenters. The molecule has 0 radical (unpaired) electrons. The van der Waals surface area contributed by atoms with E-state index in [9.17, 15) is 0 Å². The summed E-state index contributed by atoms with van der Waals surface area (Å²) in [5, 5.41) is 6.89. The van der Waals surface area contributed by atoms with Gasteiger partial charge in [-0.3, -0.25) is 9.98 Å². The van der Waals surface area contributed by atoms with Crippen LogP contribution in [0.4, 0.5) is 0 Å². The molecule has 4 rings (SSSR count). The minimum absolute atomic E-state index is 0.0752. The van der Waals surface area contributed by atoms with Gasteiger partial charge in [-0.2, -0.15) is 0 Å². The van der Waals surface area contributed by atoms with E-state index in [1.165, 1.54) is 24.1 Å². The highest BCUT2D eigenvalue weighted by Gasteiger charge is 2.56. The molecule has 3 unspecified atom stereocenters. The first-order valence-corrected chi connectivity index (χ1v) is 7.52. The van der Waals surface area contributed by atoms with E-state index in [0.717, 1.165) is 31.4 Å². The lowest BCUT2D eigenvalue weighted by Crippen LogP contribution is -2.45. The minimum Gasteiger partial charge on any atom is -0.355 e. The zero-order chi connectivity index (χ0) is 13.0. The van der Waals surface area contributed by atoms with Gasteiger partial charge in [0.15, 0.2) is 5.96 Å². The fourth-order valence-corrected chi connectivity index (χ4v) is 3.87. The normalized spacial score (nSPS) is 43.3. The van der Waals surface area contributed by atoms with Crippen molar-refractivity contribution in [2.24, 2.45) is 21.8 Å². The second-order valence-corrected chi connectivity index (χ2v) is 6.67. The van der Waals surface area contributed by atoms with Gasteiger partial charge in [0.1, 0.15) is 0 Å². The van der Waals surface area contributed by atoms with Crippen LogP contribution in [0.5, 0.6) is 0 Å². The van der Waals surface area contributed by atoms with E-state index in [-0.39, 0.29) is 5.54 Å². The summed E-state index contributed by atoms with van der Waals surface area (Å²) in [6.07, 6.45) is 6.08. The van der Waals surface area contributed by atoms with Crippen LogP contribution in [-0.2, 0) is 0 Å². The minimum atomic E-state index is 0.0752. The first-order chi connectivity index (χ1) is 9.16. The lowest BCUT2D eigenvalue weighted by Gasteiger charge is -2.32. The molecule has 4 nitrogen and oxygen atoms in total. The van der Waals surface area contributed by atoms with Crippen LogP contribution in [0.1, 0.15) is 33.1 Å². The number of rotatable bonds is 1. The van der Waals surface area contributed by atoms with Crippen LogP contribution in [-0.4, -0.2) is 36.3 Å². The maximum atomic E-state index is 5.01. The number of nitrogens with zero attached hydrogens (tertiary/aromatic N) is 2. The highest BCUT2D eigenvalue weighted by molar-refractivity contribution is 6.04. The molecule has 4 aliphatic rings. The zero-order valence-electron chi connectivity index (χ0n) is 11.7. The fourth-order valence-electron chi connectivity index (χ4n) is 3.87. The van der Waals surface area contributed by atoms with Crippen molar-refractivity contribution in [1.82, 2.24) is 10.6 Å². The van der Waals surface area contributed by atoms with Gasteiger partial charge in [0.05, 0.1) is 18.1 Å². The van der Waals surface area contributed by atoms with Crippen LogP contribution in [0, 0.1) is 11.8 Å². The van der Waals surface area contributed by atoms with Gasteiger partial charge in [-0.05, 0) is 30.3 Å².